The van der Waals surface area contributed by atoms with Crippen molar-refractivity contribution in [1.82, 2.24) is 0 Å². The van der Waals surface area contributed by atoms with Crippen molar-refractivity contribution in [3.63, 3.8) is 0 Å². The lowest BCUT2D eigenvalue weighted by atomic mass is 10.0. The Morgan fingerprint density at radius 1 is 0.457 bits per heavy atom. The maximum absolute atomic E-state index is 12.8. The van der Waals surface area contributed by atoms with Crippen molar-refractivity contribution < 1.29 is 42.1 Å². The van der Waals surface area contributed by atoms with Crippen molar-refractivity contribution in [3.8, 4) is 0 Å². The number of nitrogens with zero attached hydrogens (tertiary/aromatic N) is 1. The molecule has 0 bridgehead atoms. The summed E-state index contributed by atoms with van der Waals surface area (Å²) in [6, 6.07) is 0. The summed E-state index contributed by atoms with van der Waals surface area (Å²) in [5.74, 6) is -0.785. The normalized spacial score (nSPS) is 13.6. The molecule has 410 valence electrons. The van der Waals surface area contributed by atoms with Crippen LogP contribution in [-0.4, -0.2) is 74.9 Å². The van der Waals surface area contributed by atoms with E-state index in [4.69, 9.17) is 18.5 Å². The monoisotopic (exact) mass is 1010 g/mol. The Morgan fingerprint density at radius 2 is 0.814 bits per heavy atom. The predicted molar refractivity (Wildman–Crippen MR) is 298 cm³/mol. The van der Waals surface area contributed by atoms with Crippen LogP contribution in [0.1, 0.15) is 271 Å². The predicted octanol–water partition coefficient (Wildman–Crippen LogP) is 18.1. The molecule has 0 aliphatic carbocycles. The minimum atomic E-state index is -4.38. The van der Waals surface area contributed by atoms with Gasteiger partial charge in [-0.1, -0.05) is 255 Å². The van der Waals surface area contributed by atoms with Crippen LogP contribution in [0.15, 0.2) is 48.6 Å². The standard InChI is InChI=1S/C60H112NO8P/c1-6-8-10-12-14-16-18-19-20-21-22-23-24-25-26-27-28-29-30-31-32-33-34-35-36-37-38-39-40-41-43-45-47-49-51-53-60(63)69-58(57-68-70(64,65)67-55-54-61(3,4)5)56-66-59(62)52-50-48-46-44-42-17-15-13-11-9-7-2/h8,10,14,16,19-20,22-23,58H,6-7,9,11-13,15,17-18,21,24-57H2,1-5H3/p+1/b10-8-,16-14-,20-19-,23-22-. The Kier molecular flexibility index (Phi) is 50.4. The number of phosphoric acid groups is 1. The van der Waals surface area contributed by atoms with Gasteiger partial charge in [-0.2, -0.15) is 0 Å². The molecule has 1 N–H and O–H groups in total. The maximum Gasteiger partial charge on any atom is 0.472 e. The van der Waals surface area contributed by atoms with E-state index in [1.807, 2.05) is 21.1 Å². The number of unbranched alkanes of at least 4 members (excludes halogenated alkanes) is 32. The van der Waals surface area contributed by atoms with E-state index in [0.29, 0.717) is 23.9 Å². The molecule has 0 aromatic rings. The molecular weight excluding hydrogens is 894 g/mol. The first-order valence-electron chi connectivity index (χ1n) is 29.4. The molecule has 0 spiro atoms. The number of rotatable bonds is 54. The molecule has 70 heavy (non-hydrogen) atoms. The smallest absolute Gasteiger partial charge is 0.462 e. The van der Waals surface area contributed by atoms with E-state index in [0.717, 1.165) is 57.8 Å². The molecular formula is C60H113NO8P+. The number of likely N-dealkylation sites (N-methyl/N-ethyl adjacent to an activating group) is 1. The number of ether oxygens (including phenoxy) is 2. The van der Waals surface area contributed by atoms with Crippen molar-refractivity contribution in [3.05, 3.63) is 48.6 Å². The Labute approximate surface area is 433 Å². The lowest BCUT2D eigenvalue weighted by Crippen LogP contribution is -2.37. The van der Waals surface area contributed by atoms with Crippen molar-refractivity contribution in [1.29, 1.82) is 0 Å². The van der Waals surface area contributed by atoms with E-state index in [1.165, 1.54) is 180 Å². The second-order valence-electron chi connectivity index (χ2n) is 21.0. The van der Waals surface area contributed by atoms with Gasteiger partial charge in [0.05, 0.1) is 27.7 Å². The highest BCUT2D eigenvalue weighted by Crippen LogP contribution is 2.43. The molecule has 0 rings (SSSR count). The van der Waals surface area contributed by atoms with E-state index in [2.05, 4.69) is 62.5 Å². The van der Waals surface area contributed by atoms with Crippen LogP contribution in [0, 0.1) is 0 Å². The van der Waals surface area contributed by atoms with Crippen LogP contribution in [-0.2, 0) is 32.7 Å². The highest BCUT2D eigenvalue weighted by Gasteiger charge is 2.27. The fraction of sp³-hybridized carbons (Fsp3) is 0.833. The number of hydrogen-bond acceptors (Lipinski definition) is 7. The number of phosphoric ester groups is 1. The highest BCUT2D eigenvalue weighted by molar-refractivity contribution is 7.47. The lowest BCUT2D eigenvalue weighted by Gasteiger charge is -2.24. The van der Waals surface area contributed by atoms with E-state index in [-0.39, 0.29) is 25.6 Å². The summed E-state index contributed by atoms with van der Waals surface area (Å²) in [6.45, 7) is 4.34. The summed E-state index contributed by atoms with van der Waals surface area (Å²) < 4.78 is 34.5. The molecule has 0 saturated heterocycles. The van der Waals surface area contributed by atoms with Gasteiger partial charge in [-0.05, 0) is 51.4 Å². The van der Waals surface area contributed by atoms with Crippen LogP contribution in [0.4, 0.5) is 0 Å². The van der Waals surface area contributed by atoms with Gasteiger partial charge in [0.15, 0.2) is 6.10 Å². The molecule has 0 aliphatic heterocycles. The van der Waals surface area contributed by atoms with E-state index >= 15 is 0 Å². The molecule has 2 atom stereocenters. The third-order valence-corrected chi connectivity index (χ3v) is 13.9. The summed E-state index contributed by atoms with van der Waals surface area (Å²) >= 11 is 0. The van der Waals surface area contributed by atoms with Gasteiger partial charge in [0.2, 0.25) is 0 Å². The van der Waals surface area contributed by atoms with Crippen molar-refractivity contribution >= 4 is 19.8 Å². The van der Waals surface area contributed by atoms with Gasteiger partial charge >= 0.3 is 19.8 Å². The average Bonchev–Trinajstić information content (AvgIpc) is 3.32. The minimum Gasteiger partial charge on any atom is -0.462 e. The van der Waals surface area contributed by atoms with Gasteiger partial charge in [-0.3, -0.25) is 18.6 Å². The van der Waals surface area contributed by atoms with E-state index < -0.39 is 26.5 Å². The lowest BCUT2D eigenvalue weighted by molar-refractivity contribution is -0.870. The Bertz CT molecular complexity index is 1320. The van der Waals surface area contributed by atoms with Crippen LogP contribution in [0.2, 0.25) is 0 Å². The number of carbonyl (C=O) groups is 2. The van der Waals surface area contributed by atoms with Gasteiger partial charge < -0.3 is 18.9 Å². The largest absolute Gasteiger partial charge is 0.472 e. The zero-order valence-corrected chi connectivity index (χ0v) is 47.4. The molecule has 0 aromatic carbocycles. The molecule has 0 fully saturated rings. The first-order chi connectivity index (χ1) is 34.0. The molecule has 2 unspecified atom stereocenters. The molecule has 0 radical (unpaired) electrons. The fourth-order valence-electron chi connectivity index (χ4n) is 8.36. The number of carbonyl (C=O) groups excluding carboxylic acids is 2. The Balaban J connectivity index is 3.92. The summed E-state index contributed by atoms with van der Waals surface area (Å²) in [5.41, 5.74) is 0. The molecule has 0 saturated carbocycles. The topological polar surface area (TPSA) is 108 Å². The Hall–Kier alpha value is -2.03. The van der Waals surface area contributed by atoms with Crippen LogP contribution in [0.3, 0.4) is 0 Å². The third kappa shape index (κ3) is 55.3. The number of quaternary nitrogens is 1. The zero-order chi connectivity index (χ0) is 51.3. The maximum atomic E-state index is 12.8. The first-order valence-corrected chi connectivity index (χ1v) is 30.9. The molecule has 0 amide bonds. The molecule has 0 heterocycles. The number of allylic oxidation sites excluding steroid dienone is 8. The summed E-state index contributed by atoms with van der Waals surface area (Å²) in [7, 11) is 1.49. The SMILES string of the molecule is CC/C=C\C/C=C\C/C=C\C/C=C\CCCCCCCCCCCCCCCCCCCCCCCCC(=O)OC(COC(=O)CCCCCCCCCCCCC)COP(=O)(O)OCC[N+](C)(C)C. The second-order valence-corrected chi connectivity index (χ2v) is 22.5. The van der Waals surface area contributed by atoms with E-state index in [1.54, 1.807) is 0 Å². The first kappa shape index (κ1) is 68.0. The quantitative estimate of drug-likeness (QED) is 0.0211. The van der Waals surface area contributed by atoms with Gasteiger partial charge in [0.1, 0.15) is 19.8 Å². The van der Waals surface area contributed by atoms with Crippen LogP contribution >= 0.6 is 7.82 Å². The molecule has 10 heteroatoms. The minimum absolute atomic E-state index is 0.0343. The Morgan fingerprint density at radius 3 is 1.21 bits per heavy atom. The summed E-state index contributed by atoms with van der Waals surface area (Å²) in [6.07, 6.45) is 64.9. The average molecular weight is 1010 g/mol. The number of hydrogen-bond donors (Lipinski definition) is 1. The van der Waals surface area contributed by atoms with Crippen LogP contribution in [0.5, 0.6) is 0 Å². The van der Waals surface area contributed by atoms with Crippen molar-refractivity contribution in [2.24, 2.45) is 0 Å². The van der Waals surface area contributed by atoms with Crippen molar-refractivity contribution in [2.75, 3.05) is 47.5 Å². The van der Waals surface area contributed by atoms with Gasteiger partial charge in [-0.15, -0.1) is 0 Å². The second kappa shape index (κ2) is 51.9. The summed E-state index contributed by atoms with van der Waals surface area (Å²) in [4.78, 5) is 35.5. The highest BCUT2D eigenvalue weighted by atomic mass is 31.2. The van der Waals surface area contributed by atoms with Gasteiger partial charge in [0.25, 0.3) is 0 Å². The van der Waals surface area contributed by atoms with Gasteiger partial charge in [-0.25, -0.2) is 4.57 Å². The van der Waals surface area contributed by atoms with Crippen LogP contribution in [0.25, 0.3) is 0 Å². The summed E-state index contributed by atoms with van der Waals surface area (Å²) in [5, 5.41) is 0. The fourth-order valence-corrected chi connectivity index (χ4v) is 9.10. The van der Waals surface area contributed by atoms with Crippen LogP contribution < -0.4 is 0 Å². The molecule has 0 aliphatic rings. The number of esters is 2. The zero-order valence-electron chi connectivity index (χ0n) is 46.5. The third-order valence-electron chi connectivity index (χ3n) is 12.9. The molecule has 0 aromatic heterocycles. The molecule has 9 nitrogen and oxygen atoms in total. The van der Waals surface area contributed by atoms with E-state index in [9.17, 15) is 19.0 Å². The van der Waals surface area contributed by atoms with Crippen molar-refractivity contribution in [2.45, 2.75) is 277 Å². The van der Waals surface area contributed by atoms with Gasteiger partial charge in [0, 0.05) is 12.8 Å².